The number of hydrogen-bond donors (Lipinski definition) is 1. The molecule has 0 atom stereocenters. The number of nitrogens with zero attached hydrogens (tertiary/aromatic N) is 1. The lowest BCUT2D eigenvalue weighted by molar-refractivity contribution is -0.113. The number of thioether (sulfide) groups is 1. The van der Waals surface area contributed by atoms with E-state index in [0.29, 0.717) is 17.0 Å². The molecule has 7 nitrogen and oxygen atoms in total. The van der Waals surface area contributed by atoms with Crippen LogP contribution in [-0.4, -0.2) is 37.6 Å². The van der Waals surface area contributed by atoms with Gasteiger partial charge in [0.15, 0.2) is 11.5 Å². The average molecular weight is 387 g/mol. The summed E-state index contributed by atoms with van der Waals surface area (Å²) in [6.45, 7) is 0. The Bertz CT molecular complexity index is 915. The molecule has 0 radical (unpaired) electrons. The SMILES string of the molecule is COc1ccccc1N1C(=O)S/C(=C\c2cc(OC)c(O)c(OC)c2)C1=O. The van der Waals surface area contributed by atoms with Crippen molar-refractivity contribution >= 4 is 34.7 Å². The van der Waals surface area contributed by atoms with Crippen molar-refractivity contribution in [2.24, 2.45) is 0 Å². The highest BCUT2D eigenvalue weighted by molar-refractivity contribution is 8.19. The average Bonchev–Trinajstić information content (AvgIpc) is 2.95. The molecule has 1 aliphatic heterocycles. The summed E-state index contributed by atoms with van der Waals surface area (Å²) in [4.78, 5) is 26.6. The first-order chi connectivity index (χ1) is 13.0. The maximum absolute atomic E-state index is 12.8. The quantitative estimate of drug-likeness (QED) is 0.784. The van der Waals surface area contributed by atoms with Gasteiger partial charge < -0.3 is 19.3 Å². The molecule has 0 bridgehead atoms. The third kappa shape index (κ3) is 3.43. The Hall–Kier alpha value is -3.13. The summed E-state index contributed by atoms with van der Waals surface area (Å²) in [6, 6.07) is 9.90. The molecule has 1 aliphatic rings. The Morgan fingerprint density at radius 3 is 2.15 bits per heavy atom. The maximum Gasteiger partial charge on any atom is 0.298 e. The van der Waals surface area contributed by atoms with Gasteiger partial charge in [0.05, 0.1) is 31.9 Å². The number of aromatic hydroxyl groups is 1. The highest BCUT2D eigenvalue weighted by Gasteiger charge is 2.37. The van der Waals surface area contributed by atoms with E-state index in [0.717, 1.165) is 16.7 Å². The lowest BCUT2D eigenvalue weighted by Gasteiger charge is -2.15. The molecule has 2 aromatic carbocycles. The van der Waals surface area contributed by atoms with Crippen LogP contribution in [0.5, 0.6) is 23.0 Å². The maximum atomic E-state index is 12.8. The Morgan fingerprint density at radius 2 is 1.56 bits per heavy atom. The van der Waals surface area contributed by atoms with Gasteiger partial charge in [-0.25, -0.2) is 4.90 Å². The minimum absolute atomic E-state index is 0.140. The van der Waals surface area contributed by atoms with Crippen LogP contribution < -0.4 is 19.1 Å². The smallest absolute Gasteiger partial charge is 0.298 e. The van der Waals surface area contributed by atoms with Crippen molar-refractivity contribution in [2.75, 3.05) is 26.2 Å². The zero-order chi connectivity index (χ0) is 19.6. The molecule has 140 valence electrons. The fourth-order valence-corrected chi connectivity index (χ4v) is 3.47. The van der Waals surface area contributed by atoms with Gasteiger partial charge >= 0.3 is 0 Å². The van der Waals surface area contributed by atoms with E-state index in [-0.39, 0.29) is 22.2 Å². The van der Waals surface area contributed by atoms with Crippen LogP contribution in [0.25, 0.3) is 6.08 Å². The Labute approximate surface area is 160 Å². The molecule has 8 heteroatoms. The fourth-order valence-electron chi connectivity index (χ4n) is 2.64. The number of phenolic OH excluding ortho intramolecular Hbond substituents is 1. The minimum atomic E-state index is -0.458. The molecule has 0 unspecified atom stereocenters. The number of hydrogen-bond acceptors (Lipinski definition) is 7. The van der Waals surface area contributed by atoms with Gasteiger partial charge in [-0.2, -0.15) is 0 Å². The molecule has 0 saturated carbocycles. The van der Waals surface area contributed by atoms with Crippen LogP contribution in [0, 0.1) is 0 Å². The molecular weight excluding hydrogens is 370 g/mol. The molecular formula is C19H17NO6S. The van der Waals surface area contributed by atoms with Gasteiger partial charge in [-0.1, -0.05) is 12.1 Å². The number of ether oxygens (including phenoxy) is 3. The molecule has 27 heavy (non-hydrogen) atoms. The zero-order valence-corrected chi connectivity index (χ0v) is 15.7. The minimum Gasteiger partial charge on any atom is -0.502 e. The van der Waals surface area contributed by atoms with E-state index in [2.05, 4.69) is 0 Å². The van der Waals surface area contributed by atoms with Crippen LogP contribution >= 0.6 is 11.8 Å². The van der Waals surface area contributed by atoms with Crippen LogP contribution in [0.4, 0.5) is 10.5 Å². The molecule has 2 aromatic rings. The normalized spacial score (nSPS) is 15.4. The molecule has 0 aliphatic carbocycles. The van der Waals surface area contributed by atoms with Crippen LogP contribution in [0.2, 0.25) is 0 Å². The van der Waals surface area contributed by atoms with E-state index in [9.17, 15) is 14.7 Å². The van der Waals surface area contributed by atoms with E-state index in [1.807, 2.05) is 0 Å². The first-order valence-electron chi connectivity index (χ1n) is 7.86. The van der Waals surface area contributed by atoms with Crippen molar-refractivity contribution in [3.63, 3.8) is 0 Å². The zero-order valence-electron chi connectivity index (χ0n) is 14.9. The van der Waals surface area contributed by atoms with Crippen molar-refractivity contribution in [1.29, 1.82) is 0 Å². The van der Waals surface area contributed by atoms with E-state index < -0.39 is 11.1 Å². The first kappa shape index (κ1) is 18.7. The third-order valence-electron chi connectivity index (χ3n) is 3.92. The number of benzene rings is 2. The summed E-state index contributed by atoms with van der Waals surface area (Å²) >= 11 is 0.821. The first-order valence-corrected chi connectivity index (χ1v) is 8.67. The standard InChI is InChI=1S/C19H17NO6S/c1-24-13-7-5-4-6-12(13)20-18(22)16(27-19(20)23)10-11-8-14(25-2)17(21)15(9-11)26-3/h4-10,21H,1-3H3/b16-10-. The second kappa shape index (κ2) is 7.63. The van der Waals surface area contributed by atoms with Gasteiger partial charge in [0.2, 0.25) is 5.75 Å². The van der Waals surface area contributed by atoms with Crippen LogP contribution in [0.3, 0.4) is 0 Å². The lowest BCUT2D eigenvalue weighted by Crippen LogP contribution is -2.28. The van der Waals surface area contributed by atoms with Gasteiger partial charge in [-0.05, 0) is 47.7 Å². The van der Waals surface area contributed by atoms with Crippen molar-refractivity contribution < 1.29 is 28.9 Å². The second-order valence-electron chi connectivity index (χ2n) is 5.46. The molecule has 1 saturated heterocycles. The van der Waals surface area contributed by atoms with Crippen molar-refractivity contribution in [1.82, 2.24) is 0 Å². The summed E-state index contributed by atoms with van der Waals surface area (Å²) in [7, 11) is 4.30. The summed E-state index contributed by atoms with van der Waals surface area (Å²) in [6.07, 6.45) is 1.55. The summed E-state index contributed by atoms with van der Waals surface area (Å²) in [5, 5.41) is 9.57. The van der Waals surface area contributed by atoms with Gasteiger partial charge in [0, 0.05) is 0 Å². The van der Waals surface area contributed by atoms with Crippen LogP contribution in [0.1, 0.15) is 5.56 Å². The number of methoxy groups -OCH3 is 3. The molecule has 1 fully saturated rings. The van der Waals surface area contributed by atoms with E-state index in [1.54, 1.807) is 42.5 Å². The Kier molecular flexibility index (Phi) is 5.27. The van der Waals surface area contributed by atoms with E-state index in [4.69, 9.17) is 14.2 Å². The van der Waals surface area contributed by atoms with Crippen molar-refractivity contribution in [3.05, 3.63) is 46.9 Å². The monoisotopic (exact) mass is 387 g/mol. The number of phenols is 1. The number of anilines is 1. The topological polar surface area (TPSA) is 85.3 Å². The molecule has 3 rings (SSSR count). The van der Waals surface area contributed by atoms with Crippen molar-refractivity contribution in [3.8, 4) is 23.0 Å². The second-order valence-corrected chi connectivity index (χ2v) is 6.46. The lowest BCUT2D eigenvalue weighted by atomic mass is 10.1. The highest BCUT2D eigenvalue weighted by Crippen LogP contribution is 2.41. The van der Waals surface area contributed by atoms with E-state index >= 15 is 0 Å². The molecule has 2 amide bonds. The van der Waals surface area contributed by atoms with Gasteiger partial charge in [0.1, 0.15) is 5.75 Å². The Balaban J connectivity index is 2.00. The molecule has 1 heterocycles. The molecule has 1 N–H and O–H groups in total. The number of imide groups is 1. The van der Waals surface area contributed by atoms with Crippen LogP contribution in [0.15, 0.2) is 41.3 Å². The largest absolute Gasteiger partial charge is 0.502 e. The van der Waals surface area contributed by atoms with E-state index in [1.165, 1.54) is 21.3 Å². The molecule has 0 spiro atoms. The predicted octanol–water partition coefficient (Wildman–Crippen LogP) is 3.66. The third-order valence-corrected chi connectivity index (χ3v) is 4.79. The summed E-state index contributed by atoms with van der Waals surface area (Å²) in [5.74, 6) is 0.225. The predicted molar refractivity (Wildman–Crippen MR) is 103 cm³/mol. The molecule has 0 aromatic heterocycles. The Morgan fingerprint density at radius 1 is 0.963 bits per heavy atom. The van der Waals surface area contributed by atoms with Gasteiger partial charge in [-0.15, -0.1) is 0 Å². The number of para-hydroxylation sites is 2. The number of amides is 2. The fraction of sp³-hybridized carbons (Fsp3) is 0.158. The highest BCUT2D eigenvalue weighted by atomic mass is 32.2. The van der Waals surface area contributed by atoms with Gasteiger partial charge in [0.25, 0.3) is 11.1 Å². The summed E-state index contributed by atoms with van der Waals surface area (Å²) < 4.78 is 15.5. The number of carbonyl (C=O) groups excluding carboxylic acids is 2. The number of carbonyl (C=O) groups is 2. The number of rotatable bonds is 5. The van der Waals surface area contributed by atoms with Crippen LogP contribution in [-0.2, 0) is 4.79 Å². The summed E-state index contributed by atoms with van der Waals surface area (Å²) in [5.41, 5.74) is 0.929. The van der Waals surface area contributed by atoms with Gasteiger partial charge in [-0.3, -0.25) is 9.59 Å². The van der Waals surface area contributed by atoms with Crippen molar-refractivity contribution in [2.45, 2.75) is 0 Å².